The molecule has 0 atom stereocenters. The van der Waals surface area contributed by atoms with E-state index in [1.165, 1.54) is 11.1 Å². The van der Waals surface area contributed by atoms with Gasteiger partial charge in [-0.1, -0.05) is 6.92 Å². The van der Waals surface area contributed by atoms with Crippen molar-refractivity contribution < 1.29 is 0 Å². The van der Waals surface area contributed by atoms with E-state index in [-0.39, 0.29) is 0 Å². The van der Waals surface area contributed by atoms with Crippen LogP contribution in [-0.4, -0.2) is 4.98 Å². The summed E-state index contributed by atoms with van der Waals surface area (Å²) in [6, 6.07) is 2.01. The average Bonchev–Trinajstić information content (AvgIpc) is 1.89. The van der Waals surface area contributed by atoms with Crippen LogP contribution in [0.25, 0.3) is 0 Å². The lowest BCUT2D eigenvalue weighted by molar-refractivity contribution is 1.22. The van der Waals surface area contributed by atoms with Crippen LogP contribution in [0.15, 0.2) is 18.5 Å². The summed E-state index contributed by atoms with van der Waals surface area (Å²) in [5.74, 6) is 0. The second-order valence-corrected chi connectivity index (χ2v) is 2.02. The molecule has 9 heavy (non-hydrogen) atoms. The molecule has 1 heterocycles. The predicted molar refractivity (Wildman–Crippen MR) is 38.1 cm³/mol. The second kappa shape index (κ2) is 2.62. The maximum absolute atomic E-state index is 3.99. The molecule has 0 saturated carbocycles. The summed E-state index contributed by atoms with van der Waals surface area (Å²) < 4.78 is 0. The monoisotopic (exact) mass is 120 g/mol. The Bertz CT molecular complexity index is 194. The van der Waals surface area contributed by atoms with Crippen molar-refractivity contribution in [2.45, 2.75) is 13.8 Å². The Kier molecular flexibility index (Phi) is 1.83. The first-order chi connectivity index (χ1) is 4.34. The SMILES string of the molecule is C[CH]c1cnccc1C. The predicted octanol–water partition coefficient (Wildman–Crippen LogP) is 1.96. The van der Waals surface area contributed by atoms with Crippen molar-refractivity contribution in [3.05, 3.63) is 36.0 Å². The summed E-state index contributed by atoms with van der Waals surface area (Å²) >= 11 is 0. The molecule has 0 fully saturated rings. The van der Waals surface area contributed by atoms with Crippen molar-refractivity contribution in [1.29, 1.82) is 0 Å². The van der Waals surface area contributed by atoms with Gasteiger partial charge in [0, 0.05) is 12.4 Å². The molecule has 0 aliphatic heterocycles. The van der Waals surface area contributed by atoms with Gasteiger partial charge in [-0.2, -0.15) is 0 Å². The van der Waals surface area contributed by atoms with E-state index in [0.717, 1.165) is 0 Å². The van der Waals surface area contributed by atoms with Gasteiger partial charge in [-0.15, -0.1) is 0 Å². The van der Waals surface area contributed by atoms with Gasteiger partial charge >= 0.3 is 0 Å². The maximum atomic E-state index is 3.99. The Balaban J connectivity index is 3.01. The van der Waals surface area contributed by atoms with Crippen molar-refractivity contribution in [2.75, 3.05) is 0 Å². The van der Waals surface area contributed by atoms with Crippen molar-refractivity contribution in [3.63, 3.8) is 0 Å². The normalized spacial score (nSPS) is 9.56. The van der Waals surface area contributed by atoms with Gasteiger partial charge in [-0.25, -0.2) is 0 Å². The van der Waals surface area contributed by atoms with Crippen molar-refractivity contribution in [1.82, 2.24) is 4.98 Å². The lowest BCUT2D eigenvalue weighted by atomic mass is 10.1. The van der Waals surface area contributed by atoms with E-state index in [1.807, 2.05) is 25.4 Å². The van der Waals surface area contributed by atoms with Crippen LogP contribution in [0, 0.1) is 13.3 Å². The molecule has 1 heteroatoms. The Morgan fingerprint density at radius 3 is 2.78 bits per heavy atom. The topological polar surface area (TPSA) is 12.9 Å². The average molecular weight is 120 g/mol. The number of rotatable bonds is 1. The number of hydrogen-bond acceptors (Lipinski definition) is 1. The van der Waals surface area contributed by atoms with Gasteiger partial charge in [0.15, 0.2) is 0 Å². The molecular formula is C8H10N. The molecule has 1 rings (SSSR count). The summed E-state index contributed by atoms with van der Waals surface area (Å²) in [6.07, 6.45) is 5.74. The first-order valence-electron chi connectivity index (χ1n) is 3.04. The molecule has 0 aromatic carbocycles. The van der Waals surface area contributed by atoms with E-state index in [1.54, 1.807) is 0 Å². The minimum atomic E-state index is 1.22. The number of hydrogen-bond donors (Lipinski definition) is 0. The Morgan fingerprint density at radius 2 is 2.33 bits per heavy atom. The first kappa shape index (κ1) is 6.27. The Hall–Kier alpha value is -0.850. The van der Waals surface area contributed by atoms with Crippen LogP contribution >= 0.6 is 0 Å². The van der Waals surface area contributed by atoms with Crippen molar-refractivity contribution >= 4 is 0 Å². The van der Waals surface area contributed by atoms with Crippen LogP contribution in [0.4, 0.5) is 0 Å². The van der Waals surface area contributed by atoms with Crippen LogP contribution in [0.5, 0.6) is 0 Å². The number of aryl methyl sites for hydroxylation is 1. The summed E-state index contributed by atoms with van der Waals surface area (Å²) in [7, 11) is 0. The molecule has 0 bridgehead atoms. The molecule has 0 N–H and O–H groups in total. The van der Waals surface area contributed by atoms with Gasteiger partial charge < -0.3 is 0 Å². The standard InChI is InChI=1S/C8H10N/c1-3-8-6-9-5-4-7(8)2/h3-6H,1-2H3. The highest BCUT2D eigenvalue weighted by molar-refractivity contribution is 5.27. The molecule has 0 spiro atoms. The van der Waals surface area contributed by atoms with Gasteiger partial charge in [0.25, 0.3) is 0 Å². The lowest BCUT2D eigenvalue weighted by Gasteiger charge is -1.97. The number of aromatic nitrogens is 1. The molecule has 0 amide bonds. The lowest BCUT2D eigenvalue weighted by Crippen LogP contribution is -1.83. The third kappa shape index (κ3) is 1.28. The van der Waals surface area contributed by atoms with Crippen LogP contribution in [0.2, 0.25) is 0 Å². The summed E-state index contributed by atoms with van der Waals surface area (Å²) in [4.78, 5) is 3.99. The Morgan fingerprint density at radius 1 is 1.56 bits per heavy atom. The van der Waals surface area contributed by atoms with Gasteiger partial charge in [0.1, 0.15) is 0 Å². The minimum absolute atomic E-state index is 1.22. The van der Waals surface area contributed by atoms with Crippen LogP contribution < -0.4 is 0 Å². The fourth-order valence-corrected chi connectivity index (χ4v) is 0.778. The van der Waals surface area contributed by atoms with Gasteiger partial charge in [-0.05, 0) is 30.5 Å². The van der Waals surface area contributed by atoms with Gasteiger partial charge in [0.2, 0.25) is 0 Å². The number of pyridine rings is 1. The van der Waals surface area contributed by atoms with E-state index in [4.69, 9.17) is 0 Å². The van der Waals surface area contributed by atoms with Crippen LogP contribution in [-0.2, 0) is 0 Å². The molecule has 1 aromatic heterocycles. The molecular weight excluding hydrogens is 110 g/mol. The second-order valence-electron chi connectivity index (χ2n) is 2.02. The van der Waals surface area contributed by atoms with Crippen molar-refractivity contribution in [3.8, 4) is 0 Å². The molecule has 1 nitrogen and oxygen atoms in total. The largest absolute Gasteiger partial charge is 0.264 e. The highest BCUT2D eigenvalue weighted by Crippen LogP contribution is 2.05. The third-order valence-corrected chi connectivity index (χ3v) is 1.39. The smallest absolute Gasteiger partial charge is 0.0305 e. The molecule has 0 aliphatic rings. The Labute approximate surface area is 55.7 Å². The molecule has 0 aliphatic carbocycles. The highest BCUT2D eigenvalue weighted by atomic mass is 14.6. The van der Waals surface area contributed by atoms with Crippen molar-refractivity contribution in [2.24, 2.45) is 0 Å². The van der Waals surface area contributed by atoms with E-state index in [2.05, 4.69) is 18.3 Å². The first-order valence-corrected chi connectivity index (χ1v) is 3.04. The molecule has 0 saturated heterocycles. The summed E-state index contributed by atoms with van der Waals surface area (Å²) in [6.45, 7) is 4.10. The maximum Gasteiger partial charge on any atom is 0.0305 e. The zero-order valence-electron chi connectivity index (χ0n) is 5.76. The van der Waals surface area contributed by atoms with E-state index in [0.29, 0.717) is 0 Å². The van der Waals surface area contributed by atoms with E-state index < -0.39 is 0 Å². The minimum Gasteiger partial charge on any atom is -0.264 e. The molecule has 1 aromatic rings. The molecule has 47 valence electrons. The van der Waals surface area contributed by atoms with Gasteiger partial charge in [-0.3, -0.25) is 4.98 Å². The quantitative estimate of drug-likeness (QED) is 0.552. The number of nitrogens with zero attached hydrogens (tertiary/aromatic N) is 1. The van der Waals surface area contributed by atoms with Crippen LogP contribution in [0.3, 0.4) is 0 Å². The van der Waals surface area contributed by atoms with Crippen LogP contribution in [0.1, 0.15) is 18.1 Å². The zero-order chi connectivity index (χ0) is 6.69. The van der Waals surface area contributed by atoms with Gasteiger partial charge in [0.05, 0.1) is 0 Å². The fraction of sp³-hybridized carbons (Fsp3) is 0.250. The molecule has 0 unspecified atom stereocenters. The van der Waals surface area contributed by atoms with E-state index in [9.17, 15) is 0 Å². The molecule has 1 radical (unpaired) electrons. The zero-order valence-corrected chi connectivity index (χ0v) is 5.76. The highest BCUT2D eigenvalue weighted by Gasteiger charge is 1.90. The van der Waals surface area contributed by atoms with E-state index >= 15 is 0 Å². The third-order valence-electron chi connectivity index (χ3n) is 1.39. The summed E-state index contributed by atoms with van der Waals surface area (Å²) in [5.41, 5.74) is 2.50. The fourth-order valence-electron chi connectivity index (χ4n) is 0.778. The summed E-state index contributed by atoms with van der Waals surface area (Å²) in [5, 5.41) is 0.